The minimum Gasteiger partial charge on any atom is -0.462 e. The monoisotopic (exact) mass is 810 g/mol. The topological polar surface area (TPSA) is 151 Å². The summed E-state index contributed by atoms with van der Waals surface area (Å²) in [5.74, 6) is -0.756. The molecule has 3 N–H and O–H groups in total. The number of phosphoric acid groups is 1. The molecule has 0 aromatic rings. The molecule has 0 saturated carbocycles. The second-order valence-electron chi connectivity index (χ2n) is 14.6. The highest BCUT2D eigenvalue weighted by molar-refractivity contribution is 7.47. The van der Waals surface area contributed by atoms with E-state index in [0.29, 0.717) is 25.7 Å². The zero-order valence-electron chi connectivity index (χ0n) is 35.4. The smallest absolute Gasteiger partial charge is 0.462 e. The third-order valence-electron chi connectivity index (χ3n) is 9.19. The highest BCUT2D eigenvalue weighted by Crippen LogP contribution is 2.43. The summed E-state index contributed by atoms with van der Waals surface area (Å²) in [6.07, 6.45) is 42.7. The molecule has 0 aliphatic carbocycles. The number of ketones is 1. The molecule has 0 spiro atoms. The van der Waals surface area contributed by atoms with E-state index in [1.165, 1.54) is 83.5 Å². The summed E-state index contributed by atoms with van der Waals surface area (Å²) < 4.78 is 32.7. The number of carbonyl (C=O) groups is 3. The Bertz CT molecular complexity index is 1120. The number of esters is 2. The summed E-state index contributed by atoms with van der Waals surface area (Å²) in [6.45, 7) is 3.50. The van der Waals surface area contributed by atoms with Gasteiger partial charge >= 0.3 is 19.8 Å². The lowest BCUT2D eigenvalue weighted by Gasteiger charge is -2.19. The SMILES string of the molecule is CCCCCCCCCCCCCCCCCCCC(=O)O[C@H](COC(=O)CCC/C=C\C/C=C\C/C=C\C=C\C(=O)CCCCC)COP(=O)(O)OCCN. The number of hydrogen-bond donors (Lipinski definition) is 2. The van der Waals surface area contributed by atoms with Crippen molar-refractivity contribution in [1.82, 2.24) is 0 Å². The molecule has 0 aromatic carbocycles. The number of phosphoric ester groups is 1. The van der Waals surface area contributed by atoms with Crippen LogP contribution in [-0.2, 0) is 37.5 Å². The number of carbonyl (C=O) groups excluding carboxylic acids is 3. The van der Waals surface area contributed by atoms with Crippen LogP contribution < -0.4 is 5.73 Å². The number of nitrogens with two attached hydrogens (primary N) is 1. The van der Waals surface area contributed by atoms with E-state index < -0.39 is 32.5 Å². The maximum Gasteiger partial charge on any atom is 0.472 e. The van der Waals surface area contributed by atoms with Crippen molar-refractivity contribution in [2.75, 3.05) is 26.4 Å². The van der Waals surface area contributed by atoms with E-state index in [4.69, 9.17) is 24.3 Å². The highest BCUT2D eigenvalue weighted by atomic mass is 31.2. The molecule has 56 heavy (non-hydrogen) atoms. The van der Waals surface area contributed by atoms with Gasteiger partial charge in [0.1, 0.15) is 6.61 Å². The van der Waals surface area contributed by atoms with Gasteiger partial charge in [-0.25, -0.2) is 4.57 Å². The van der Waals surface area contributed by atoms with Crippen LogP contribution >= 0.6 is 7.82 Å². The average Bonchev–Trinajstić information content (AvgIpc) is 3.18. The number of hydrogen-bond acceptors (Lipinski definition) is 9. The minimum absolute atomic E-state index is 0.0367. The molecule has 2 atom stereocenters. The van der Waals surface area contributed by atoms with Crippen LogP contribution in [0.15, 0.2) is 48.6 Å². The molecule has 0 heterocycles. The Morgan fingerprint density at radius 1 is 0.589 bits per heavy atom. The summed E-state index contributed by atoms with van der Waals surface area (Å²) in [5, 5.41) is 0. The van der Waals surface area contributed by atoms with Gasteiger partial charge in [-0.2, -0.15) is 0 Å². The van der Waals surface area contributed by atoms with Gasteiger partial charge in [-0.3, -0.25) is 23.4 Å². The van der Waals surface area contributed by atoms with Crippen LogP contribution in [0, 0.1) is 0 Å². The van der Waals surface area contributed by atoms with Crippen LogP contribution in [0.3, 0.4) is 0 Å². The van der Waals surface area contributed by atoms with E-state index in [1.807, 2.05) is 24.3 Å². The molecule has 0 aromatic heterocycles. The molecule has 0 fully saturated rings. The lowest BCUT2D eigenvalue weighted by Crippen LogP contribution is -2.29. The first-order valence-electron chi connectivity index (χ1n) is 22.1. The molecule has 0 aliphatic heterocycles. The molecule has 10 nitrogen and oxygen atoms in total. The average molecular weight is 810 g/mol. The molecule has 0 radical (unpaired) electrons. The van der Waals surface area contributed by atoms with Gasteiger partial charge < -0.3 is 20.1 Å². The first-order chi connectivity index (χ1) is 27.2. The molecule has 0 rings (SSSR count). The van der Waals surface area contributed by atoms with Crippen LogP contribution in [0.1, 0.15) is 187 Å². The molecule has 0 amide bonds. The zero-order chi connectivity index (χ0) is 41.2. The van der Waals surface area contributed by atoms with Gasteiger partial charge in [0.15, 0.2) is 11.9 Å². The fraction of sp³-hybridized carbons (Fsp3) is 0.756. The maximum atomic E-state index is 12.6. The van der Waals surface area contributed by atoms with E-state index in [-0.39, 0.29) is 38.4 Å². The van der Waals surface area contributed by atoms with Gasteiger partial charge in [-0.1, -0.05) is 172 Å². The fourth-order valence-corrected chi connectivity index (χ4v) is 6.64. The molecule has 11 heteroatoms. The summed E-state index contributed by atoms with van der Waals surface area (Å²) in [4.78, 5) is 46.6. The van der Waals surface area contributed by atoms with Crippen LogP contribution in [0.5, 0.6) is 0 Å². The van der Waals surface area contributed by atoms with Crippen LogP contribution in [0.4, 0.5) is 0 Å². The lowest BCUT2D eigenvalue weighted by molar-refractivity contribution is -0.161. The number of ether oxygens (including phenoxy) is 2. The predicted molar refractivity (Wildman–Crippen MR) is 229 cm³/mol. The Hall–Kier alpha value is -2.36. The van der Waals surface area contributed by atoms with Gasteiger partial charge in [0, 0.05) is 25.8 Å². The predicted octanol–water partition coefficient (Wildman–Crippen LogP) is 11.9. The van der Waals surface area contributed by atoms with Crippen LogP contribution in [0.2, 0.25) is 0 Å². The van der Waals surface area contributed by atoms with Crippen LogP contribution in [-0.4, -0.2) is 55.1 Å². The van der Waals surface area contributed by atoms with E-state index in [9.17, 15) is 23.8 Å². The number of rotatable bonds is 41. The second-order valence-corrected chi connectivity index (χ2v) is 16.1. The summed E-state index contributed by atoms with van der Waals surface area (Å²) in [6, 6.07) is 0. The molecular formula is C45H80NO9P. The first kappa shape index (κ1) is 53.6. The lowest BCUT2D eigenvalue weighted by atomic mass is 10.0. The standard InChI is InChI=1S/C45H80NO9P/c1-3-5-7-8-9-10-11-12-13-14-15-16-19-23-26-29-33-37-45(49)55-43(41-54-56(50,51)53-39-38-46)40-52-44(48)36-32-28-25-22-20-17-18-21-24-27-31-35-42(47)34-30-6-4-2/h17-18,22,24-25,27,31,35,43H,3-16,19-21,23,26,28-30,32-34,36-41,46H2,1-2H3,(H,50,51)/b18-17-,25-22-,27-24-,35-31+/t43-/m1/s1. The largest absolute Gasteiger partial charge is 0.472 e. The molecule has 0 bridgehead atoms. The zero-order valence-corrected chi connectivity index (χ0v) is 36.2. The van der Waals surface area contributed by atoms with E-state index in [2.05, 4.69) is 26.0 Å². The van der Waals surface area contributed by atoms with Crippen LogP contribution in [0.25, 0.3) is 0 Å². The summed E-state index contributed by atoms with van der Waals surface area (Å²) >= 11 is 0. The van der Waals surface area contributed by atoms with Crippen molar-refractivity contribution in [2.24, 2.45) is 5.73 Å². The Balaban J connectivity index is 4.26. The van der Waals surface area contributed by atoms with Crippen molar-refractivity contribution in [3.05, 3.63) is 48.6 Å². The maximum absolute atomic E-state index is 12.6. The van der Waals surface area contributed by atoms with E-state index in [0.717, 1.165) is 51.4 Å². The van der Waals surface area contributed by atoms with Crippen molar-refractivity contribution in [2.45, 2.75) is 193 Å². The third kappa shape index (κ3) is 39.9. The molecular weight excluding hydrogens is 729 g/mol. The van der Waals surface area contributed by atoms with Gasteiger partial charge in [0.25, 0.3) is 0 Å². The van der Waals surface area contributed by atoms with Crippen molar-refractivity contribution < 1.29 is 42.4 Å². The Kier molecular flexibility index (Phi) is 39.1. The normalized spacial score (nSPS) is 13.6. The quantitative estimate of drug-likeness (QED) is 0.0152. The van der Waals surface area contributed by atoms with E-state index >= 15 is 0 Å². The second kappa shape index (κ2) is 40.8. The first-order valence-corrected chi connectivity index (χ1v) is 23.6. The Morgan fingerprint density at radius 3 is 1.68 bits per heavy atom. The molecule has 324 valence electrons. The van der Waals surface area contributed by atoms with E-state index in [1.54, 1.807) is 12.2 Å². The van der Waals surface area contributed by atoms with Gasteiger partial charge in [-0.05, 0) is 44.6 Å². The third-order valence-corrected chi connectivity index (χ3v) is 10.2. The Morgan fingerprint density at radius 2 is 1.09 bits per heavy atom. The molecule has 1 unspecified atom stereocenters. The Labute approximate surface area is 341 Å². The van der Waals surface area contributed by atoms with Crippen molar-refractivity contribution >= 4 is 25.5 Å². The van der Waals surface area contributed by atoms with Gasteiger partial charge in [0.05, 0.1) is 13.2 Å². The minimum atomic E-state index is -4.40. The van der Waals surface area contributed by atoms with Crippen molar-refractivity contribution in [3.8, 4) is 0 Å². The van der Waals surface area contributed by atoms with Gasteiger partial charge in [-0.15, -0.1) is 0 Å². The van der Waals surface area contributed by atoms with Crippen molar-refractivity contribution in [1.29, 1.82) is 0 Å². The number of allylic oxidation sites excluding steroid dienone is 8. The van der Waals surface area contributed by atoms with Crippen molar-refractivity contribution in [3.63, 3.8) is 0 Å². The molecule has 0 aliphatic rings. The molecule has 0 saturated heterocycles. The van der Waals surface area contributed by atoms with Gasteiger partial charge in [0.2, 0.25) is 0 Å². The summed E-state index contributed by atoms with van der Waals surface area (Å²) in [5.41, 5.74) is 5.34. The fourth-order valence-electron chi connectivity index (χ4n) is 5.88. The number of unbranched alkanes of at least 4 members (excludes halogenated alkanes) is 19. The summed E-state index contributed by atoms with van der Waals surface area (Å²) in [7, 11) is -4.40. The highest BCUT2D eigenvalue weighted by Gasteiger charge is 2.26.